The van der Waals surface area contributed by atoms with Gasteiger partial charge in [0.25, 0.3) is 11.8 Å². The molecule has 1 aliphatic rings. The lowest BCUT2D eigenvalue weighted by molar-refractivity contribution is -0.124. The van der Waals surface area contributed by atoms with E-state index in [9.17, 15) is 18.8 Å². The van der Waals surface area contributed by atoms with Gasteiger partial charge >= 0.3 is 0 Å². The van der Waals surface area contributed by atoms with E-state index in [-0.39, 0.29) is 35.7 Å². The number of furan rings is 1. The van der Waals surface area contributed by atoms with Gasteiger partial charge in [-0.05, 0) is 62.1 Å². The van der Waals surface area contributed by atoms with Crippen molar-refractivity contribution >= 4 is 17.7 Å². The minimum Gasteiger partial charge on any atom is -0.467 e. The number of piperidine rings is 1. The van der Waals surface area contributed by atoms with Gasteiger partial charge in [-0.1, -0.05) is 29.8 Å². The molecule has 1 aromatic heterocycles. The molecule has 1 atom stereocenters. The van der Waals surface area contributed by atoms with E-state index in [2.05, 4.69) is 10.6 Å². The van der Waals surface area contributed by atoms with E-state index in [1.165, 1.54) is 18.4 Å². The molecule has 2 heterocycles. The maximum atomic E-state index is 14.1. The number of amides is 3. The smallest absolute Gasteiger partial charge is 0.256 e. The van der Waals surface area contributed by atoms with Crippen molar-refractivity contribution in [1.82, 2.24) is 15.5 Å². The molecule has 35 heavy (non-hydrogen) atoms. The maximum Gasteiger partial charge on any atom is 0.256 e. The highest BCUT2D eigenvalue weighted by Crippen LogP contribution is 2.24. The normalized spacial score (nSPS) is 14.9. The van der Waals surface area contributed by atoms with Crippen molar-refractivity contribution in [3.05, 3.63) is 95.2 Å². The zero-order valence-electron chi connectivity index (χ0n) is 19.5. The van der Waals surface area contributed by atoms with Crippen LogP contribution in [0, 0.1) is 18.7 Å². The Balaban J connectivity index is 1.45. The van der Waals surface area contributed by atoms with Crippen molar-refractivity contribution in [2.75, 3.05) is 13.1 Å². The minimum atomic E-state index is -0.788. The largest absolute Gasteiger partial charge is 0.467 e. The van der Waals surface area contributed by atoms with Gasteiger partial charge in [0.15, 0.2) is 0 Å². The molecule has 4 rings (SSSR count). The van der Waals surface area contributed by atoms with Gasteiger partial charge in [-0.3, -0.25) is 14.4 Å². The first-order chi connectivity index (χ1) is 16.9. The van der Waals surface area contributed by atoms with Crippen LogP contribution < -0.4 is 10.6 Å². The molecule has 0 aliphatic carbocycles. The summed E-state index contributed by atoms with van der Waals surface area (Å²) in [5, 5.41) is 5.74. The van der Waals surface area contributed by atoms with Crippen molar-refractivity contribution < 1.29 is 23.2 Å². The molecule has 3 amide bonds. The Morgan fingerprint density at radius 1 is 1.06 bits per heavy atom. The SMILES string of the molecule is Cc1cccc(C(=O)N[C@@H](C(=O)NCc2ccco2)C2CCN(C(=O)c3ccccc3F)CC2)c1. The quantitative estimate of drug-likeness (QED) is 0.543. The molecule has 2 N–H and O–H groups in total. The highest BCUT2D eigenvalue weighted by atomic mass is 19.1. The fourth-order valence-corrected chi connectivity index (χ4v) is 4.35. The molecule has 0 radical (unpaired) electrons. The molecule has 8 heteroatoms. The van der Waals surface area contributed by atoms with E-state index in [0.717, 1.165) is 5.56 Å². The molecule has 2 aromatic carbocycles. The lowest BCUT2D eigenvalue weighted by atomic mass is 9.88. The lowest BCUT2D eigenvalue weighted by Gasteiger charge is -2.36. The standard InChI is InChI=1S/C27H28FN3O4/c1-18-6-4-7-20(16-18)25(32)30-24(26(33)29-17-21-8-5-15-35-21)19-11-13-31(14-12-19)27(34)22-9-2-3-10-23(22)28/h2-10,15-16,19,24H,11-14,17H2,1H3,(H,29,33)(H,30,32)/t24-/m1/s1. The predicted molar refractivity (Wildman–Crippen MR) is 128 cm³/mol. The van der Waals surface area contributed by atoms with Crippen LogP contribution in [-0.4, -0.2) is 41.8 Å². The topological polar surface area (TPSA) is 91.7 Å². The molecule has 0 unspecified atom stereocenters. The Kier molecular flexibility index (Phi) is 7.60. The van der Waals surface area contributed by atoms with E-state index < -0.39 is 11.9 Å². The zero-order chi connectivity index (χ0) is 24.8. The Morgan fingerprint density at radius 2 is 1.83 bits per heavy atom. The summed E-state index contributed by atoms with van der Waals surface area (Å²) in [6.45, 7) is 2.82. The van der Waals surface area contributed by atoms with E-state index >= 15 is 0 Å². The zero-order valence-corrected chi connectivity index (χ0v) is 19.5. The van der Waals surface area contributed by atoms with Crippen LogP contribution in [-0.2, 0) is 11.3 Å². The van der Waals surface area contributed by atoms with Crippen LogP contribution in [0.25, 0.3) is 0 Å². The molecule has 1 saturated heterocycles. The van der Waals surface area contributed by atoms with Gasteiger partial charge < -0.3 is 20.0 Å². The van der Waals surface area contributed by atoms with Crippen molar-refractivity contribution in [2.24, 2.45) is 5.92 Å². The molecular formula is C27H28FN3O4. The number of hydrogen-bond donors (Lipinski definition) is 2. The van der Waals surface area contributed by atoms with Crippen LogP contribution in [0.5, 0.6) is 0 Å². The summed E-state index contributed by atoms with van der Waals surface area (Å²) in [7, 11) is 0. The Morgan fingerprint density at radius 3 is 2.51 bits per heavy atom. The summed E-state index contributed by atoms with van der Waals surface area (Å²) in [6.07, 6.45) is 2.51. The van der Waals surface area contributed by atoms with Gasteiger partial charge in [0.2, 0.25) is 5.91 Å². The van der Waals surface area contributed by atoms with Crippen LogP contribution in [0.2, 0.25) is 0 Å². The third kappa shape index (κ3) is 5.95. The van der Waals surface area contributed by atoms with Crippen LogP contribution >= 0.6 is 0 Å². The van der Waals surface area contributed by atoms with Gasteiger partial charge in [0.05, 0.1) is 18.4 Å². The minimum absolute atomic E-state index is 0.0337. The number of nitrogens with zero attached hydrogens (tertiary/aromatic N) is 1. The number of halogens is 1. The van der Waals surface area contributed by atoms with Gasteiger partial charge in [0, 0.05) is 18.7 Å². The number of nitrogens with one attached hydrogen (secondary N) is 2. The van der Waals surface area contributed by atoms with Crippen LogP contribution in [0.4, 0.5) is 4.39 Å². The Hall–Kier alpha value is -3.94. The molecule has 182 valence electrons. The molecule has 0 bridgehead atoms. The second kappa shape index (κ2) is 11.0. The number of hydrogen-bond acceptors (Lipinski definition) is 4. The molecular weight excluding hydrogens is 449 g/mol. The molecule has 0 saturated carbocycles. The summed E-state index contributed by atoms with van der Waals surface area (Å²) in [5.41, 5.74) is 1.45. The van der Waals surface area contributed by atoms with Gasteiger partial charge in [-0.15, -0.1) is 0 Å². The second-order valence-corrected chi connectivity index (χ2v) is 8.73. The maximum absolute atomic E-state index is 14.1. The fourth-order valence-electron chi connectivity index (χ4n) is 4.35. The number of carbonyl (C=O) groups excluding carboxylic acids is 3. The third-order valence-corrected chi connectivity index (χ3v) is 6.27. The first kappa shape index (κ1) is 24.2. The highest BCUT2D eigenvalue weighted by Gasteiger charge is 2.34. The number of rotatable bonds is 7. The first-order valence-electron chi connectivity index (χ1n) is 11.6. The molecule has 7 nitrogen and oxygen atoms in total. The third-order valence-electron chi connectivity index (χ3n) is 6.27. The summed E-state index contributed by atoms with van der Waals surface area (Å²) in [4.78, 5) is 40.5. The fraction of sp³-hybridized carbons (Fsp3) is 0.296. The number of benzene rings is 2. The van der Waals surface area contributed by atoms with Gasteiger partial charge in [-0.2, -0.15) is 0 Å². The van der Waals surface area contributed by atoms with E-state index in [1.54, 1.807) is 47.4 Å². The van der Waals surface area contributed by atoms with Crippen LogP contribution in [0.3, 0.4) is 0 Å². The van der Waals surface area contributed by atoms with Crippen molar-refractivity contribution in [3.8, 4) is 0 Å². The average molecular weight is 478 g/mol. The van der Waals surface area contributed by atoms with Crippen molar-refractivity contribution in [1.29, 1.82) is 0 Å². The molecule has 1 aliphatic heterocycles. The van der Waals surface area contributed by atoms with E-state index in [4.69, 9.17) is 4.42 Å². The molecule has 1 fully saturated rings. The van der Waals surface area contributed by atoms with E-state index in [0.29, 0.717) is 37.3 Å². The number of carbonyl (C=O) groups is 3. The van der Waals surface area contributed by atoms with Gasteiger partial charge in [0.1, 0.15) is 17.6 Å². The predicted octanol–water partition coefficient (Wildman–Crippen LogP) is 3.69. The lowest BCUT2D eigenvalue weighted by Crippen LogP contribution is -2.53. The van der Waals surface area contributed by atoms with E-state index in [1.807, 2.05) is 13.0 Å². The summed E-state index contributed by atoms with van der Waals surface area (Å²) in [5.74, 6) is -1.17. The highest BCUT2D eigenvalue weighted by molar-refractivity contribution is 5.98. The Bertz CT molecular complexity index is 1190. The monoisotopic (exact) mass is 477 g/mol. The molecule has 0 spiro atoms. The number of aryl methyl sites for hydroxylation is 1. The summed E-state index contributed by atoms with van der Waals surface area (Å²) < 4.78 is 19.4. The Labute approximate surface area is 203 Å². The van der Waals surface area contributed by atoms with Crippen LogP contribution in [0.15, 0.2) is 71.3 Å². The molecule has 3 aromatic rings. The number of likely N-dealkylation sites (tertiary alicyclic amines) is 1. The summed E-state index contributed by atoms with van der Waals surface area (Å²) >= 11 is 0. The van der Waals surface area contributed by atoms with Gasteiger partial charge in [-0.25, -0.2) is 4.39 Å². The first-order valence-corrected chi connectivity index (χ1v) is 11.6. The summed E-state index contributed by atoms with van der Waals surface area (Å²) in [6, 6.07) is 15.8. The van der Waals surface area contributed by atoms with Crippen molar-refractivity contribution in [3.63, 3.8) is 0 Å². The van der Waals surface area contributed by atoms with Crippen molar-refractivity contribution in [2.45, 2.75) is 32.4 Å². The second-order valence-electron chi connectivity index (χ2n) is 8.73. The van der Waals surface area contributed by atoms with Crippen LogP contribution in [0.1, 0.15) is 44.9 Å². The average Bonchev–Trinajstić information content (AvgIpc) is 3.39.